The Balaban J connectivity index is 2.06. The molecule has 3 aromatic rings. The first-order valence-corrected chi connectivity index (χ1v) is 10.3. The van der Waals surface area contributed by atoms with Crippen molar-refractivity contribution in [2.45, 2.75) is 32.4 Å². The van der Waals surface area contributed by atoms with Crippen LogP contribution in [-0.4, -0.2) is 22.8 Å². The molecular weight excluding hydrogens is 390 g/mol. The number of benzene rings is 2. The fourth-order valence-electron chi connectivity index (χ4n) is 3.58. The van der Waals surface area contributed by atoms with Crippen LogP contribution in [-0.2, 0) is 29.1 Å². The molecule has 1 N–H and O–H groups in total. The minimum Gasteiger partial charge on any atom is -0.481 e. The fourth-order valence-corrected chi connectivity index (χ4v) is 3.58. The second kappa shape index (κ2) is 11.1. The van der Waals surface area contributed by atoms with Gasteiger partial charge in [0.05, 0.1) is 13.2 Å². The fraction of sp³-hybridized carbons (Fsp3) is 0.231. The van der Waals surface area contributed by atoms with Crippen LogP contribution in [0.25, 0.3) is 12.2 Å². The van der Waals surface area contributed by atoms with E-state index in [2.05, 4.69) is 0 Å². The maximum absolute atomic E-state index is 13.4. The van der Waals surface area contributed by atoms with E-state index in [9.17, 15) is 9.59 Å². The van der Waals surface area contributed by atoms with Crippen molar-refractivity contribution >= 4 is 18.1 Å². The Bertz CT molecular complexity index is 1090. The number of methoxy groups -OCH3 is 1. The molecule has 0 unspecified atom stereocenters. The van der Waals surface area contributed by atoms with Gasteiger partial charge in [-0.15, -0.1) is 0 Å². The van der Waals surface area contributed by atoms with Crippen molar-refractivity contribution < 1.29 is 14.6 Å². The molecule has 5 nitrogen and oxygen atoms in total. The summed E-state index contributed by atoms with van der Waals surface area (Å²) in [5.74, 6) is -0.862. The van der Waals surface area contributed by atoms with Gasteiger partial charge >= 0.3 is 5.97 Å². The largest absolute Gasteiger partial charge is 0.481 e. The van der Waals surface area contributed by atoms with Gasteiger partial charge in [-0.1, -0.05) is 72.8 Å². The molecule has 0 amide bonds. The van der Waals surface area contributed by atoms with Crippen LogP contribution in [0.15, 0.2) is 71.7 Å². The summed E-state index contributed by atoms with van der Waals surface area (Å²) in [4.78, 5) is 24.4. The molecule has 1 heterocycles. The first-order chi connectivity index (χ1) is 15.1. The Morgan fingerprint density at radius 1 is 1.03 bits per heavy atom. The van der Waals surface area contributed by atoms with Crippen molar-refractivity contribution in [1.82, 2.24) is 4.57 Å². The quantitative estimate of drug-likeness (QED) is 0.523. The SMILES string of the molecule is COCc1cn(Cc2ccccc2)c(=O)c(CCCC(=O)O)c1/C=C/c1ccccc1. The zero-order valence-electron chi connectivity index (χ0n) is 17.7. The number of nitrogens with zero attached hydrogens (tertiary/aromatic N) is 1. The van der Waals surface area contributed by atoms with Gasteiger partial charge in [0.1, 0.15) is 0 Å². The topological polar surface area (TPSA) is 68.5 Å². The standard InChI is InChI=1S/C26H27NO4/c1-31-19-22-18-27(17-21-11-6-3-7-12-21)26(30)24(13-8-14-25(28)29)23(22)16-15-20-9-4-2-5-10-20/h2-7,9-12,15-16,18H,8,13-14,17,19H2,1H3,(H,28,29)/b16-15+. The molecule has 0 radical (unpaired) electrons. The van der Waals surface area contributed by atoms with Crippen molar-refractivity contribution in [2.24, 2.45) is 0 Å². The second-order valence-corrected chi connectivity index (χ2v) is 7.39. The van der Waals surface area contributed by atoms with E-state index in [1.807, 2.05) is 79.0 Å². The van der Waals surface area contributed by atoms with Crippen LogP contribution in [0.4, 0.5) is 0 Å². The molecule has 0 spiro atoms. The average Bonchev–Trinajstić information content (AvgIpc) is 2.77. The van der Waals surface area contributed by atoms with E-state index in [1.165, 1.54) is 0 Å². The third-order valence-electron chi connectivity index (χ3n) is 5.06. The lowest BCUT2D eigenvalue weighted by Gasteiger charge is -2.16. The predicted molar refractivity (Wildman–Crippen MR) is 123 cm³/mol. The molecule has 0 bridgehead atoms. The van der Waals surface area contributed by atoms with Crippen molar-refractivity contribution in [3.05, 3.63) is 105 Å². The lowest BCUT2D eigenvalue weighted by atomic mass is 9.98. The first-order valence-electron chi connectivity index (χ1n) is 10.3. The Kier molecular flexibility index (Phi) is 7.96. The molecule has 0 saturated heterocycles. The highest BCUT2D eigenvalue weighted by atomic mass is 16.5. The van der Waals surface area contributed by atoms with Gasteiger partial charge in [-0.05, 0) is 29.5 Å². The minimum atomic E-state index is -0.862. The van der Waals surface area contributed by atoms with E-state index >= 15 is 0 Å². The normalized spacial score (nSPS) is 11.1. The summed E-state index contributed by atoms with van der Waals surface area (Å²) in [6.07, 6.45) is 6.58. The number of aromatic nitrogens is 1. The zero-order chi connectivity index (χ0) is 22.1. The minimum absolute atomic E-state index is 0.0223. The highest BCUT2D eigenvalue weighted by molar-refractivity contribution is 5.72. The number of hydrogen-bond acceptors (Lipinski definition) is 3. The van der Waals surface area contributed by atoms with E-state index < -0.39 is 5.97 Å². The van der Waals surface area contributed by atoms with Gasteiger partial charge < -0.3 is 14.4 Å². The average molecular weight is 418 g/mol. The molecular formula is C26H27NO4. The van der Waals surface area contributed by atoms with Gasteiger partial charge in [-0.2, -0.15) is 0 Å². The Hall–Kier alpha value is -3.44. The number of hydrogen-bond donors (Lipinski definition) is 1. The lowest BCUT2D eigenvalue weighted by molar-refractivity contribution is -0.137. The highest BCUT2D eigenvalue weighted by Gasteiger charge is 2.15. The van der Waals surface area contributed by atoms with Gasteiger partial charge in [0.2, 0.25) is 0 Å². The predicted octanol–water partition coefficient (Wildman–Crippen LogP) is 4.62. The number of carboxylic acid groups (broad SMARTS) is 1. The van der Waals surface area contributed by atoms with E-state index in [0.717, 1.165) is 22.3 Å². The van der Waals surface area contributed by atoms with Crippen LogP contribution in [0.2, 0.25) is 0 Å². The number of carbonyl (C=O) groups is 1. The van der Waals surface area contributed by atoms with Crippen LogP contribution >= 0.6 is 0 Å². The Labute approximate surface area is 182 Å². The highest BCUT2D eigenvalue weighted by Crippen LogP contribution is 2.19. The first kappa shape index (κ1) is 22.2. The molecule has 1 aromatic heterocycles. The zero-order valence-corrected chi connectivity index (χ0v) is 17.7. The van der Waals surface area contributed by atoms with E-state index in [0.29, 0.717) is 31.6 Å². The number of carboxylic acids is 1. The summed E-state index contributed by atoms with van der Waals surface area (Å²) in [7, 11) is 1.63. The molecule has 3 rings (SSSR count). The molecule has 5 heteroatoms. The van der Waals surface area contributed by atoms with Crippen molar-refractivity contribution in [2.75, 3.05) is 7.11 Å². The number of ether oxygens (including phenoxy) is 1. The summed E-state index contributed by atoms with van der Waals surface area (Å²) in [6, 6.07) is 19.7. The number of rotatable bonds is 10. The molecule has 2 aromatic carbocycles. The Morgan fingerprint density at radius 2 is 1.71 bits per heavy atom. The molecule has 0 aliphatic rings. The van der Waals surface area contributed by atoms with Crippen molar-refractivity contribution in [1.29, 1.82) is 0 Å². The van der Waals surface area contributed by atoms with E-state index in [4.69, 9.17) is 9.84 Å². The van der Waals surface area contributed by atoms with Crippen molar-refractivity contribution in [3.63, 3.8) is 0 Å². The van der Waals surface area contributed by atoms with Gasteiger partial charge in [-0.3, -0.25) is 9.59 Å². The molecule has 0 saturated carbocycles. The van der Waals surface area contributed by atoms with Gasteiger partial charge in [-0.25, -0.2) is 0 Å². The van der Waals surface area contributed by atoms with Gasteiger partial charge in [0.25, 0.3) is 5.56 Å². The summed E-state index contributed by atoms with van der Waals surface area (Å²) in [6.45, 7) is 0.806. The Morgan fingerprint density at radius 3 is 2.35 bits per heavy atom. The summed E-state index contributed by atoms with van der Waals surface area (Å²) >= 11 is 0. The van der Waals surface area contributed by atoms with Crippen LogP contribution in [0.1, 0.15) is 40.7 Å². The smallest absolute Gasteiger partial charge is 0.303 e. The molecule has 0 atom stereocenters. The summed E-state index contributed by atoms with van der Waals surface area (Å²) in [5.41, 5.74) is 4.29. The van der Waals surface area contributed by atoms with Gasteiger partial charge in [0.15, 0.2) is 0 Å². The van der Waals surface area contributed by atoms with Crippen LogP contribution in [0.5, 0.6) is 0 Å². The van der Waals surface area contributed by atoms with Crippen LogP contribution in [0, 0.1) is 0 Å². The molecule has 31 heavy (non-hydrogen) atoms. The molecule has 160 valence electrons. The summed E-state index contributed by atoms with van der Waals surface area (Å²) in [5, 5.41) is 9.05. The third kappa shape index (κ3) is 6.27. The van der Waals surface area contributed by atoms with Crippen LogP contribution in [0.3, 0.4) is 0 Å². The molecule has 0 aliphatic carbocycles. The van der Waals surface area contributed by atoms with Crippen molar-refractivity contribution in [3.8, 4) is 0 Å². The molecule has 0 fully saturated rings. The number of pyridine rings is 1. The maximum Gasteiger partial charge on any atom is 0.303 e. The van der Waals surface area contributed by atoms with Gasteiger partial charge in [0, 0.05) is 30.9 Å². The number of aliphatic carboxylic acids is 1. The maximum atomic E-state index is 13.4. The van der Waals surface area contributed by atoms with Crippen LogP contribution < -0.4 is 5.56 Å². The van der Waals surface area contributed by atoms with E-state index in [1.54, 1.807) is 11.7 Å². The summed E-state index contributed by atoms with van der Waals surface area (Å²) < 4.78 is 7.11. The molecule has 0 aliphatic heterocycles. The third-order valence-corrected chi connectivity index (χ3v) is 5.06. The second-order valence-electron chi connectivity index (χ2n) is 7.39. The monoisotopic (exact) mass is 417 g/mol. The lowest BCUT2D eigenvalue weighted by Crippen LogP contribution is -2.27. The van der Waals surface area contributed by atoms with E-state index in [-0.39, 0.29) is 12.0 Å².